The van der Waals surface area contributed by atoms with E-state index in [4.69, 9.17) is 5.73 Å². The van der Waals surface area contributed by atoms with Crippen LogP contribution in [0.4, 0.5) is 11.4 Å². The number of hydrogen-bond donors (Lipinski definition) is 4. The number of rotatable bonds is 4. The first-order valence-electron chi connectivity index (χ1n) is 22.3. The number of aliphatic hydroxyl groups excluding tert-OH is 2. The predicted molar refractivity (Wildman–Crippen MR) is 233 cm³/mol. The van der Waals surface area contributed by atoms with Gasteiger partial charge in [-0.1, -0.05) is 63.1 Å². The normalized spacial score (nSPS) is 41.3. The quantitative estimate of drug-likeness (QED) is 0.226. The Morgan fingerprint density at radius 3 is 1.57 bits per heavy atom. The van der Waals surface area contributed by atoms with Gasteiger partial charge in [-0.3, -0.25) is 14.7 Å². The first kappa shape index (κ1) is 40.2. The lowest BCUT2D eigenvalue weighted by Crippen LogP contribution is -2.49. The highest BCUT2D eigenvalue weighted by Gasteiger charge is 2.58. The summed E-state index contributed by atoms with van der Waals surface area (Å²) < 4.78 is 25.9. The van der Waals surface area contributed by atoms with Gasteiger partial charge in [-0.15, -0.1) is 0 Å². The second-order valence-electron chi connectivity index (χ2n) is 20.8. The molecule has 0 radical (unpaired) electrons. The van der Waals surface area contributed by atoms with Crippen LogP contribution in [0.2, 0.25) is 0 Å². The Morgan fingerprint density at radius 1 is 0.621 bits per heavy atom. The summed E-state index contributed by atoms with van der Waals surface area (Å²) in [5.74, 6) is 4.22. The Morgan fingerprint density at radius 2 is 1.09 bits per heavy atom. The van der Waals surface area contributed by atoms with E-state index in [1.807, 2.05) is 18.5 Å². The highest BCUT2D eigenvalue weighted by molar-refractivity contribution is 7.92. The number of hydrogen-bond acceptors (Lipinski definition) is 7. The average Bonchev–Trinajstić information content (AvgIpc) is 3.72. The van der Waals surface area contributed by atoms with E-state index in [0.29, 0.717) is 34.8 Å². The number of nitrogens with one attached hydrogen (secondary N) is 1. The van der Waals surface area contributed by atoms with E-state index < -0.39 is 10.0 Å². The van der Waals surface area contributed by atoms with E-state index >= 15 is 0 Å². The summed E-state index contributed by atoms with van der Waals surface area (Å²) in [6, 6.07) is 4.03. The molecule has 10 rings (SSSR count). The van der Waals surface area contributed by atoms with Gasteiger partial charge in [0.15, 0.2) is 0 Å². The molecule has 2 aromatic rings. The maximum atomic E-state index is 11.7. The summed E-state index contributed by atoms with van der Waals surface area (Å²) in [6.07, 6.45) is 33.3. The number of fused-ring (bicyclic) bond motifs is 10. The van der Waals surface area contributed by atoms with Crippen molar-refractivity contribution in [1.82, 2.24) is 9.97 Å². The molecule has 0 aromatic carbocycles. The Labute approximate surface area is 347 Å². The number of nitrogens with two attached hydrogens (primary N) is 1. The molecule has 2 aromatic heterocycles. The Balaban J connectivity index is 0.000000152. The van der Waals surface area contributed by atoms with Gasteiger partial charge in [0, 0.05) is 18.6 Å². The third kappa shape index (κ3) is 6.64. The molecule has 5 N–H and O–H groups in total. The van der Waals surface area contributed by atoms with Crippen molar-refractivity contribution < 1.29 is 18.6 Å². The predicted octanol–water partition coefficient (Wildman–Crippen LogP) is 9.75. The molecule has 0 saturated heterocycles. The second kappa shape index (κ2) is 14.4. The summed E-state index contributed by atoms with van der Waals surface area (Å²) in [5.41, 5.74) is 16.3. The van der Waals surface area contributed by atoms with Crippen LogP contribution >= 0.6 is 0 Å². The molecule has 8 aliphatic carbocycles. The summed E-state index contributed by atoms with van der Waals surface area (Å²) in [5, 5.41) is 20.4. The first-order valence-corrected chi connectivity index (χ1v) is 24.2. The molecule has 9 heteroatoms. The number of aromatic nitrogens is 2. The minimum absolute atomic E-state index is 0.0996. The van der Waals surface area contributed by atoms with Crippen LogP contribution in [-0.2, 0) is 10.0 Å². The molecule has 12 atom stereocenters. The summed E-state index contributed by atoms with van der Waals surface area (Å²) >= 11 is 0. The fourth-order valence-corrected chi connectivity index (χ4v) is 15.3. The fraction of sp³-hybridized carbons (Fsp3) is 0.633. The van der Waals surface area contributed by atoms with Gasteiger partial charge in [0.1, 0.15) is 0 Å². The maximum absolute atomic E-state index is 11.7. The molecular weight excluding hydrogens is 741 g/mol. The first-order chi connectivity index (χ1) is 27.5. The minimum atomic E-state index is -3.33. The maximum Gasteiger partial charge on any atom is 0.229 e. The molecule has 0 unspecified atom stereocenters. The van der Waals surface area contributed by atoms with Crippen LogP contribution in [0, 0.1) is 57.2 Å². The number of nitrogen functional groups attached to an aromatic ring is 1. The smallest absolute Gasteiger partial charge is 0.229 e. The molecule has 312 valence electrons. The van der Waals surface area contributed by atoms with Gasteiger partial charge in [0.2, 0.25) is 10.0 Å². The molecular formula is C49H66N4O4S. The largest absolute Gasteiger partial charge is 0.397 e. The topological polar surface area (TPSA) is 138 Å². The fourth-order valence-electron chi connectivity index (χ4n) is 14.8. The van der Waals surface area contributed by atoms with Crippen LogP contribution in [0.5, 0.6) is 0 Å². The molecule has 58 heavy (non-hydrogen) atoms. The Kier molecular flexibility index (Phi) is 9.99. The van der Waals surface area contributed by atoms with Crippen molar-refractivity contribution in [2.75, 3.05) is 16.7 Å². The van der Waals surface area contributed by atoms with E-state index in [9.17, 15) is 18.6 Å². The average molecular weight is 807 g/mol. The zero-order valence-corrected chi connectivity index (χ0v) is 36.2. The van der Waals surface area contributed by atoms with Crippen molar-refractivity contribution in [2.45, 2.75) is 130 Å². The highest BCUT2D eigenvalue weighted by atomic mass is 32.2. The lowest BCUT2D eigenvalue weighted by molar-refractivity contribution is -0.0238. The van der Waals surface area contributed by atoms with Gasteiger partial charge >= 0.3 is 0 Å². The molecule has 0 aliphatic heterocycles. The highest BCUT2D eigenvalue weighted by Crippen LogP contribution is 2.68. The lowest BCUT2D eigenvalue weighted by atomic mass is 9.47. The number of aliphatic hydroxyl groups is 2. The third-order valence-corrected chi connectivity index (χ3v) is 18.3. The monoisotopic (exact) mass is 806 g/mol. The van der Waals surface area contributed by atoms with Crippen LogP contribution in [0.25, 0.3) is 11.1 Å². The van der Waals surface area contributed by atoms with Crippen molar-refractivity contribution in [3.63, 3.8) is 0 Å². The van der Waals surface area contributed by atoms with Gasteiger partial charge in [-0.05, 0) is 181 Å². The van der Waals surface area contributed by atoms with E-state index in [0.717, 1.165) is 80.9 Å². The van der Waals surface area contributed by atoms with Crippen molar-refractivity contribution in [3.8, 4) is 0 Å². The SMILES string of the molecule is C[C@]12CC[C@H](O)CC1=CC[C@@H]1[C@@H]2CC[C@]2(C)C(c3cncc(N)c3)=CC[C@@H]12.C[C@]12CC[C@H](O)CC1=CC[C@@H]1[C@@H]2CC[C@]2(C)C(c3cncc(NS(C)(=O)=O)c3)=CC[C@@H]12. The van der Waals surface area contributed by atoms with Crippen LogP contribution in [0.1, 0.15) is 129 Å². The number of pyridine rings is 2. The lowest BCUT2D eigenvalue weighted by Gasteiger charge is -2.57. The van der Waals surface area contributed by atoms with Crippen molar-refractivity contribution in [3.05, 3.63) is 83.5 Å². The van der Waals surface area contributed by atoms with Gasteiger partial charge in [0.25, 0.3) is 0 Å². The Hall–Kier alpha value is -3.27. The van der Waals surface area contributed by atoms with Gasteiger partial charge < -0.3 is 15.9 Å². The van der Waals surface area contributed by atoms with E-state index in [1.165, 1.54) is 60.6 Å². The van der Waals surface area contributed by atoms with Gasteiger partial charge in [-0.2, -0.15) is 0 Å². The molecule has 0 spiro atoms. The van der Waals surface area contributed by atoms with Crippen molar-refractivity contribution in [2.24, 2.45) is 57.2 Å². The number of anilines is 2. The standard InChI is InChI=1S/C25H34N2O3S.C24H32N2O/c1-24-10-8-19(28)13-17(24)4-5-20-22-7-6-21(25(22,2)11-9-23(20)24)16-12-18(15-26-14-16)27-31(3,29)30;1-23-9-7-18(27)12-16(23)3-4-19-21-6-5-20(15-11-17(25)14-26-13-15)24(21,2)10-8-22(19)23/h4,6,12,14-15,19-20,22-23,27-28H,5,7-11,13H2,1-3H3;3,5,11,13-14,18-19,21-22,27H,4,6-10,12,25H2,1-2H3/t19-,20-,22-,23-,24-,25+;18-,19-,21-,22-,23-,24+/m00/s1. The number of nitrogens with zero attached hydrogens (tertiary/aromatic N) is 2. The van der Waals surface area contributed by atoms with Crippen LogP contribution < -0.4 is 10.5 Å². The Bertz CT molecular complexity index is 2200. The summed E-state index contributed by atoms with van der Waals surface area (Å²) in [4.78, 5) is 8.69. The molecule has 8 aliphatic rings. The van der Waals surface area contributed by atoms with Gasteiger partial charge in [-0.25, -0.2) is 8.42 Å². The van der Waals surface area contributed by atoms with E-state index in [2.05, 4.69) is 72.8 Å². The zero-order valence-electron chi connectivity index (χ0n) is 35.4. The van der Waals surface area contributed by atoms with E-state index in [1.54, 1.807) is 18.0 Å². The van der Waals surface area contributed by atoms with Crippen molar-refractivity contribution in [1.29, 1.82) is 0 Å². The summed E-state index contributed by atoms with van der Waals surface area (Å²) in [6.45, 7) is 9.85. The van der Waals surface area contributed by atoms with Crippen LogP contribution in [-0.4, -0.2) is 47.1 Å². The summed E-state index contributed by atoms with van der Waals surface area (Å²) in [7, 11) is -3.33. The van der Waals surface area contributed by atoms with E-state index in [-0.39, 0.29) is 28.5 Å². The van der Waals surface area contributed by atoms with Gasteiger partial charge in [0.05, 0.1) is 36.0 Å². The molecule has 8 nitrogen and oxygen atoms in total. The molecule has 4 saturated carbocycles. The van der Waals surface area contributed by atoms with Crippen LogP contribution in [0.3, 0.4) is 0 Å². The minimum Gasteiger partial charge on any atom is -0.397 e. The third-order valence-electron chi connectivity index (χ3n) is 17.7. The number of sulfonamides is 1. The molecule has 0 bridgehead atoms. The molecule has 4 fully saturated rings. The van der Waals surface area contributed by atoms with Crippen LogP contribution in [0.15, 0.2) is 72.4 Å². The second-order valence-corrected chi connectivity index (χ2v) is 22.5. The number of allylic oxidation sites excluding steroid dienone is 6. The molecule has 0 amide bonds. The van der Waals surface area contributed by atoms with Crippen molar-refractivity contribution >= 4 is 32.5 Å². The molecule has 2 heterocycles. The zero-order chi connectivity index (χ0) is 40.8.